The molecular formula is C45H29N3. The zero-order valence-corrected chi connectivity index (χ0v) is 26.1. The Balaban J connectivity index is 1.22. The molecule has 0 saturated heterocycles. The highest BCUT2D eigenvalue weighted by molar-refractivity contribution is 6.29. The molecule has 3 heterocycles. The first-order valence-electron chi connectivity index (χ1n) is 16.4. The van der Waals surface area contributed by atoms with E-state index in [1.807, 2.05) is 12.3 Å². The van der Waals surface area contributed by atoms with E-state index in [-0.39, 0.29) is 0 Å². The monoisotopic (exact) mass is 611 g/mol. The first-order valence-corrected chi connectivity index (χ1v) is 16.4. The van der Waals surface area contributed by atoms with Crippen LogP contribution in [0.4, 0.5) is 0 Å². The minimum atomic E-state index is 0.933. The highest BCUT2D eigenvalue weighted by Crippen LogP contribution is 2.43. The molecule has 0 aliphatic carbocycles. The highest BCUT2D eigenvalue weighted by Gasteiger charge is 2.22. The van der Waals surface area contributed by atoms with Crippen molar-refractivity contribution in [2.75, 3.05) is 0 Å². The van der Waals surface area contributed by atoms with Gasteiger partial charge in [0.05, 0.1) is 22.1 Å². The zero-order valence-electron chi connectivity index (χ0n) is 26.1. The molecule has 0 radical (unpaired) electrons. The minimum absolute atomic E-state index is 0.933. The molecule has 0 aliphatic rings. The Hall–Kier alpha value is -6.45. The minimum Gasteiger partial charge on any atom is -0.309 e. The Bertz CT molecular complexity index is 2820. The van der Waals surface area contributed by atoms with Crippen LogP contribution in [0, 0.1) is 0 Å². The number of hydrogen-bond donors (Lipinski definition) is 0. The summed E-state index contributed by atoms with van der Waals surface area (Å²) < 4.78 is 4.76. The number of hydrogen-bond acceptors (Lipinski definition) is 1. The van der Waals surface area contributed by atoms with Crippen LogP contribution in [0.1, 0.15) is 0 Å². The summed E-state index contributed by atoms with van der Waals surface area (Å²) in [7, 11) is 0. The third kappa shape index (κ3) is 3.98. The van der Waals surface area contributed by atoms with Crippen molar-refractivity contribution < 1.29 is 0 Å². The Morgan fingerprint density at radius 2 is 0.979 bits per heavy atom. The molecule has 48 heavy (non-hydrogen) atoms. The largest absolute Gasteiger partial charge is 0.309 e. The van der Waals surface area contributed by atoms with Crippen LogP contribution in [0.2, 0.25) is 0 Å². The maximum Gasteiger partial charge on any atom is 0.145 e. The molecular weight excluding hydrogens is 583 g/mol. The summed E-state index contributed by atoms with van der Waals surface area (Å²) in [5.74, 6) is 0.933. The van der Waals surface area contributed by atoms with Gasteiger partial charge in [0.2, 0.25) is 0 Å². The van der Waals surface area contributed by atoms with E-state index >= 15 is 0 Å². The normalized spacial score (nSPS) is 11.8. The molecule has 0 spiro atoms. The molecule has 224 valence electrons. The summed E-state index contributed by atoms with van der Waals surface area (Å²) >= 11 is 0. The van der Waals surface area contributed by atoms with Gasteiger partial charge in [0.25, 0.3) is 0 Å². The third-order valence-electron chi connectivity index (χ3n) is 9.76. The number of pyridine rings is 1. The number of nitrogens with zero attached hydrogens (tertiary/aromatic N) is 3. The molecule has 0 aliphatic heterocycles. The van der Waals surface area contributed by atoms with Crippen molar-refractivity contribution in [3.05, 3.63) is 176 Å². The molecule has 0 unspecified atom stereocenters. The summed E-state index contributed by atoms with van der Waals surface area (Å²) in [5.41, 5.74) is 10.5. The van der Waals surface area contributed by atoms with Crippen LogP contribution < -0.4 is 0 Å². The van der Waals surface area contributed by atoms with Gasteiger partial charge < -0.3 is 4.57 Å². The maximum absolute atomic E-state index is 5.00. The fourth-order valence-corrected chi connectivity index (χ4v) is 7.61. The van der Waals surface area contributed by atoms with Crippen molar-refractivity contribution in [1.29, 1.82) is 0 Å². The number of rotatable bonds is 4. The molecule has 3 nitrogen and oxygen atoms in total. The number of fused-ring (bicyclic) bond motifs is 8. The van der Waals surface area contributed by atoms with E-state index in [0.29, 0.717) is 0 Å². The van der Waals surface area contributed by atoms with E-state index < -0.39 is 0 Å². The second kappa shape index (κ2) is 10.5. The predicted octanol–water partition coefficient (Wildman–Crippen LogP) is 11.8. The van der Waals surface area contributed by atoms with Crippen LogP contribution in [0.3, 0.4) is 0 Å². The average Bonchev–Trinajstić information content (AvgIpc) is 3.68. The van der Waals surface area contributed by atoms with Crippen LogP contribution in [-0.4, -0.2) is 14.1 Å². The van der Waals surface area contributed by atoms with Gasteiger partial charge in [-0.05, 0) is 82.1 Å². The molecule has 3 aromatic heterocycles. The van der Waals surface area contributed by atoms with Crippen molar-refractivity contribution in [3.8, 4) is 33.8 Å². The van der Waals surface area contributed by atoms with E-state index in [4.69, 9.17) is 4.98 Å². The third-order valence-corrected chi connectivity index (χ3v) is 9.76. The van der Waals surface area contributed by atoms with Crippen molar-refractivity contribution in [2.45, 2.75) is 0 Å². The maximum atomic E-state index is 5.00. The fourth-order valence-electron chi connectivity index (χ4n) is 7.61. The van der Waals surface area contributed by atoms with Crippen molar-refractivity contribution in [1.82, 2.24) is 14.1 Å². The number of para-hydroxylation sites is 2. The smallest absolute Gasteiger partial charge is 0.145 e. The summed E-state index contributed by atoms with van der Waals surface area (Å²) in [6.45, 7) is 0. The van der Waals surface area contributed by atoms with E-state index in [1.54, 1.807) is 0 Å². The lowest BCUT2D eigenvalue weighted by molar-refractivity contribution is 1.08. The van der Waals surface area contributed by atoms with Crippen molar-refractivity contribution in [2.24, 2.45) is 0 Å². The second-order valence-corrected chi connectivity index (χ2v) is 12.4. The van der Waals surface area contributed by atoms with Gasteiger partial charge in [0.15, 0.2) is 0 Å². The number of benzene rings is 7. The molecule has 0 amide bonds. The summed E-state index contributed by atoms with van der Waals surface area (Å²) in [4.78, 5) is 5.00. The van der Waals surface area contributed by atoms with Gasteiger partial charge in [-0.2, -0.15) is 0 Å². The molecule has 0 fully saturated rings. The van der Waals surface area contributed by atoms with Gasteiger partial charge in [-0.15, -0.1) is 0 Å². The molecule has 10 rings (SSSR count). The Morgan fingerprint density at radius 3 is 1.73 bits per heavy atom. The molecule has 0 saturated carbocycles. The zero-order chi connectivity index (χ0) is 31.6. The molecule has 10 aromatic rings. The lowest BCUT2D eigenvalue weighted by atomic mass is 10.0. The van der Waals surface area contributed by atoms with Gasteiger partial charge in [0, 0.05) is 39.0 Å². The van der Waals surface area contributed by atoms with E-state index in [1.165, 1.54) is 54.5 Å². The van der Waals surface area contributed by atoms with Gasteiger partial charge in [-0.3, -0.25) is 4.57 Å². The van der Waals surface area contributed by atoms with Gasteiger partial charge in [-0.25, -0.2) is 4.98 Å². The standard InChI is InChI=1S/C45H29N3/c1-2-12-32(13-3-1)36-17-10-28-46-45(36)48-40-19-9-7-16-38(40)44-42(48)27-26-41-43(44)37-15-6-8-18-39(37)47(41)35-24-22-31(23-25-35)34-21-20-30-11-4-5-14-33(30)29-34/h1-29H. The van der Waals surface area contributed by atoms with Crippen LogP contribution in [0.5, 0.6) is 0 Å². The molecule has 7 aromatic carbocycles. The van der Waals surface area contributed by atoms with Crippen molar-refractivity contribution in [3.63, 3.8) is 0 Å². The number of aromatic nitrogens is 3. The summed E-state index contributed by atoms with van der Waals surface area (Å²) in [5, 5.41) is 7.48. The molecule has 0 N–H and O–H groups in total. The summed E-state index contributed by atoms with van der Waals surface area (Å²) in [6.07, 6.45) is 1.90. The lowest BCUT2D eigenvalue weighted by Crippen LogP contribution is -2.00. The van der Waals surface area contributed by atoms with E-state index in [9.17, 15) is 0 Å². The van der Waals surface area contributed by atoms with Crippen LogP contribution in [0.15, 0.2) is 176 Å². The predicted molar refractivity (Wildman–Crippen MR) is 201 cm³/mol. The Morgan fingerprint density at radius 1 is 0.375 bits per heavy atom. The topological polar surface area (TPSA) is 22.8 Å². The lowest BCUT2D eigenvalue weighted by Gasteiger charge is -2.13. The van der Waals surface area contributed by atoms with Crippen LogP contribution in [-0.2, 0) is 0 Å². The van der Waals surface area contributed by atoms with E-state index in [0.717, 1.165) is 33.7 Å². The first-order chi connectivity index (χ1) is 23.8. The Labute approximate surface area is 277 Å². The van der Waals surface area contributed by atoms with Gasteiger partial charge in [-0.1, -0.05) is 115 Å². The highest BCUT2D eigenvalue weighted by atomic mass is 15.1. The molecule has 0 bridgehead atoms. The van der Waals surface area contributed by atoms with Crippen LogP contribution >= 0.6 is 0 Å². The average molecular weight is 612 g/mol. The van der Waals surface area contributed by atoms with E-state index in [2.05, 4.69) is 173 Å². The molecule has 0 atom stereocenters. The van der Waals surface area contributed by atoms with Gasteiger partial charge in [0.1, 0.15) is 5.82 Å². The molecule has 3 heteroatoms. The van der Waals surface area contributed by atoms with Gasteiger partial charge >= 0.3 is 0 Å². The summed E-state index contributed by atoms with van der Waals surface area (Å²) in [6, 6.07) is 61.1. The quantitative estimate of drug-likeness (QED) is 0.194. The second-order valence-electron chi connectivity index (χ2n) is 12.4. The fraction of sp³-hybridized carbons (Fsp3) is 0. The van der Waals surface area contributed by atoms with Crippen LogP contribution in [0.25, 0.3) is 88.1 Å². The SMILES string of the molecule is c1ccc(-c2cccnc2-n2c3ccccc3c3c4c5ccccc5n(-c5ccc(-c6ccc7ccccc7c6)cc5)c4ccc32)cc1. The first kappa shape index (κ1) is 26.7. The van der Waals surface area contributed by atoms with Crippen molar-refractivity contribution >= 4 is 54.4 Å². The Kier molecular flexibility index (Phi) is 5.87.